The minimum absolute atomic E-state index is 0.118. The maximum atomic E-state index is 2.56. The van der Waals surface area contributed by atoms with Crippen LogP contribution in [0.4, 0.5) is 0 Å². The first-order valence-electron chi connectivity index (χ1n) is 17.3. The van der Waals surface area contributed by atoms with Crippen LogP contribution in [0.15, 0.2) is 133 Å². The SMILES string of the molecule is CC1(C)CCC(C)(C)c2cc3c(cc21)c1cc2c(cc1n3-c1ccc3ccccc3c1)c1c3ccccc3ccc1n2-c1ccccc1. The Labute approximate surface area is 280 Å². The molecule has 2 nitrogen and oxygen atoms in total. The molecule has 0 bridgehead atoms. The summed E-state index contributed by atoms with van der Waals surface area (Å²) in [5, 5.41) is 10.3. The van der Waals surface area contributed by atoms with E-state index in [1.54, 1.807) is 0 Å². The van der Waals surface area contributed by atoms with E-state index in [0.29, 0.717) is 0 Å². The minimum Gasteiger partial charge on any atom is -0.309 e. The molecule has 1 aliphatic carbocycles. The summed E-state index contributed by atoms with van der Waals surface area (Å²) >= 11 is 0. The van der Waals surface area contributed by atoms with E-state index < -0.39 is 0 Å². The van der Waals surface area contributed by atoms with E-state index in [1.807, 2.05) is 0 Å². The quantitative estimate of drug-likeness (QED) is 0.182. The average Bonchev–Trinajstić information content (AvgIpc) is 3.60. The first kappa shape index (κ1) is 27.7. The van der Waals surface area contributed by atoms with Crippen LogP contribution in [0.2, 0.25) is 0 Å². The van der Waals surface area contributed by atoms with Crippen molar-refractivity contribution in [2.45, 2.75) is 51.4 Å². The van der Waals surface area contributed by atoms with Crippen molar-refractivity contribution < 1.29 is 0 Å². The van der Waals surface area contributed by atoms with Gasteiger partial charge in [-0.05, 0) is 111 Å². The van der Waals surface area contributed by atoms with E-state index in [9.17, 15) is 0 Å². The molecule has 7 aromatic carbocycles. The van der Waals surface area contributed by atoms with Crippen LogP contribution < -0.4 is 0 Å². The van der Waals surface area contributed by atoms with Crippen molar-refractivity contribution in [2.24, 2.45) is 0 Å². The number of nitrogens with zero attached hydrogens (tertiary/aromatic N) is 2. The Morgan fingerprint density at radius 2 is 0.958 bits per heavy atom. The van der Waals surface area contributed by atoms with E-state index >= 15 is 0 Å². The summed E-state index contributed by atoms with van der Waals surface area (Å²) in [4.78, 5) is 0. The summed E-state index contributed by atoms with van der Waals surface area (Å²) in [7, 11) is 0. The molecule has 0 spiro atoms. The molecule has 0 N–H and O–H groups in total. The first-order chi connectivity index (χ1) is 23.3. The summed E-state index contributed by atoms with van der Waals surface area (Å²) in [6.07, 6.45) is 2.39. The molecule has 0 saturated heterocycles. The van der Waals surface area contributed by atoms with Gasteiger partial charge in [0, 0.05) is 32.9 Å². The van der Waals surface area contributed by atoms with Gasteiger partial charge in [-0.2, -0.15) is 0 Å². The number of benzene rings is 7. The molecule has 9 aromatic rings. The zero-order chi connectivity index (χ0) is 32.4. The van der Waals surface area contributed by atoms with Gasteiger partial charge in [-0.3, -0.25) is 0 Å². The molecule has 0 fully saturated rings. The van der Waals surface area contributed by atoms with Crippen LogP contribution in [0.1, 0.15) is 51.7 Å². The third-order valence-electron chi connectivity index (χ3n) is 11.5. The molecule has 2 heteroatoms. The first-order valence-corrected chi connectivity index (χ1v) is 17.3. The number of aromatic nitrogens is 2. The zero-order valence-electron chi connectivity index (χ0n) is 28.0. The van der Waals surface area contributed by atoms with Crippen molar-refractivity contribution >= 4 is 65.2 Å². The topological polar surface area (TPSA) is 9.86 Å². The monoisotopic (exact) mass is 618 g/mol. The molecule has 232 valence electrons. The number of rotatable bonds is 2. The fourth-order valence-electron chi connectivity index (χ4n) is 8.80. The molecule has 2 aromatic heterocycles. The van der Waals surface area contributed by atoms with Crippen LogP contribution in [0.5, 0.6) is 0 Å². The van der Waals surface area contributed by atoms with Crippen molar-refractivity contribution in [1.82, 2.24) is 9.13 Å². The Hall–Kier alpha value is -5.34. The normalized spacial score (nSPS) is 15.7. The highest BCUT2D eigenvalue weighted by Crippen LogP contribution is 2.49. The van der Waals surface area contributed by atoms with Gasteiger partial charge in [0.15, 0.2) is 0 Å². The van der Waals surface area contributed by atoms with E-state index in [-0.39, 0.29) is 10.8 Å². The van der Waals surface area contributed by atoms with Crippen molar-refractivity contribution in [3.63, 3.8) is 0 Å². The molecular weight excluding hydrogens is 581 g/mol. The lowest BCUT2D eigenvalue weighted by Crippen LogP contribution is -2.33. The number of para-hydroxylation sites is 1. The van der Waals surface area contributed by atoms with Crippen molar-refractivity contribution in [3.8, 4) is 11.4 Å². The summed E-state index contributed by atoms with van der Waals surface area (Å²) in [6, 6.07) is 50.0. The van der Waals surface area contributed by atoms with Crippen molar-refractivity contribution in [2.75, 3.05) is 0 Å². The van der Waals surface area contributed by atoms with Gasteiger partial charge in [-0.1, -0.05) is 107 Å². The van der Waals surface area contributed by atoms with Crippen LogP contribution in [0, 0.1) is 0 Å². The van der Waals surface area contributed by atoms with E-state index in [4.69, 9.17) is 0 Å². The van der Waals surface area contributed by atoms with Crippen LogP contribution >= 0.6 is 0 Å². The third-order valence-corrected chi connectivity index (χ3v) is 11.5. The summed E-state index contributed by atoms with van der Waals surface area (Å²) in [5.41, 5.74) is 10.7. The Balaban J connectivity index is 1.42. The predicted octanol–water partition coefficient (Wildman–Crippen LogP) is 12.5. The standard InChI is InChI=1S/C46H38N2/c1-45(2)22-23-46(3,4)39-28-43-35(25-38(39)45)36-26-42-37(27-41(36)48(43)33-20-18-29-12-8-9-14-31(29)24-33)44-34-17-11-10-13-30(34)19-21-40(44)47(42)32-15-6-5-7-16-32/h5-21,24-28H,22-23H2,1-4H3. The molecular formula is C46H38N2. The molecule has 0 atom stereocenters. The number of hydrogen-bond acceptors (Lipinski definition) is 0. The second-order valence-corrected chi connectivity index (χ2v) is 15.3. The fraction of sp³-hybridized carbons (Fsp3) is 0.174. The Kier molecular flexibility index (Phi) is 5.55. The summed E-state index contributed by atoms with van der Waals surface area (Å²) in [5.74, 6) is 0. The predicted molar refractivity (Wildman–Crippen MR) is 205 cm³/mol. The molecule has 1 aliphatic rings. The molecule has 0 aliphatic heterocycles. The molecule has 2 heterocycles. The van der Waals surface area contributed by atoms with E-state index in [2.05, 4.69) is 170 Å². The minimum atomic E-state index is 0.118. The van der Waals surface area contributed by atoms with Crippen LogP contribution in [-0.2, 0) is 10.8 Å². The van der Waals surface area contributed by atoms with Gasteiger partial charge in [0.25, 0.3) is 0 Å². The van der Waals surface area contributed by atoms with Gasteiger partial charge >= 0.3 is 0 Å². The second-order valence-electron chi connectivity index (χ2n) is 15.3. The van der Waals surface area contributed by atoms with Gasteiger partial charge in [-0.15, -0.1) is 0 Å². The lowest BCUT2D eigenvalue weighted by Gasteiger charge is -2.42. The van der Waals surface area contributed by atoms with Gasteiger partial charge < -0.3 is 9.13 Å². The van der Waals surface area contributed by atoms with Crippen LogP contribution in [-0.4, -0.2) is 9.13 Å². The molecule has 0 unspecified atom stereocenters. The van der Waals surface area contributed by atoms with Crippen molar-refractivity contribution in [3.05, 3.63) is 145 Å². The maximum Gasteiger partial charge on any atom is 0.0549 e. The summed E-state index contributed by atoms with van der Waals surface area (Å²) < 4.78 is 5.02. The molecule has 0 saturated carbocycles. The second kappa shape index (κ2) is 9.61. The third kappa shape index (κ3) is 3.80. The Bertz CT molecular complexity index is 2770. The van der Waals surface area contributed by atoms with E-state index in [0.717, 1.165) is 0 Å². The zero-order valence-corrected chi connectivity index (χ0v) is 28.0. The van der Waals surface area contributed by atoms with Gasteiger partial charge in [0.05, 0.1) is 22.1 Å². The van der Waals surface area contributed by atoms with E-state index in [1.165, 1.54) is 100 Å². The fourth-order valence-corrected chi connectivity index (χ4v) is 8.80. The van der Waals surface area contributed by atoms with Crippen LogP contribution in [0.3, 0.4) is 0 Å². The maximum absolute atomic E-state index is 2.56. The largest absolute Gasteiger partial charge is 0.309 e. The lowest BCUT2D eigenvalue weighted by molar-refractivity contribution is 0.332. The highest BCUT2D eigenvalue weighted by atomic mass is 15.0. The van der Waals surface area contributed by atoms with Crippen molar-refractivity contribution in [1.29, 1.82) is 0 Å². The molecule has 10 rings (SSSR count). The molecule has 0 amide bonds. The number of fused-ring (bicyclic) bond motifs is 10. The van der Waals surface area contributed by atoms with Gasteiger partial charge in [-0.25, -0.2) is 0 Å². The Morgan fingerprint density at radius 1 is 0.396 bits per heavy atom. The molecule has 48 heavy (non-hydrogen) atoms. The summed E-state index contributed by atoms with van der Waals surface area (Å²) in [6.45, 7) is 9.74. The lowest BCUT2D eigenvalue weighted by atomic mass is 9.63. The van der Waals surface area contributed by atoms with Crippen LogP contribution in [0.25, 0.3) is 76.5 Å². The highest BCUT2D eigenvalue weighted by Gasteiger charge is 2.38. The van der Waals surface area contributed by atoms with Gasteiger partial charge in [0.2, 0.25) is 0 Å². The number of hydrogen-bond donors (Lipinski definition) is 0. The smallest absolute Gasteiger partial charge is 0.0549 e. The highest BCUT2D eigenvalue weighted by molar-refractivity contribution is 6.25. The Morgan fingerprint density at radius 3 is 1.75 bits per heavy atom. The molecule has 0 radical (unpaired) electrons. The van der Waals surface area contributed by atoms with Gasteiger partial charge in [0.1, 0.15) is 0 Å². The average molecular weight is 619 g/mol.